The number of hydrogen-bond donors (Lipinski definition) is 0. The number of hydrogen-bond acceptors (Lipinski definition) is 4. The molecule has 0 spiro atoms. The lowest BCUT2D eigenvalue weighted by molar-refractivity contribution is 0.105. The van der Waals surface area contributed by atoms with Crippen molar-refractivity contribution in [2.45, 2.75) is 13.2 Å². The summed E-state index contributed by atoms with van der Waals surface area (Å²) in [4.78, 5) is 10.8. The van der Waals surface area contributed by atoms with Crippen molar-refractivity contribution in [3.05, 3.63) is 59.2 Å². The predicted octanol–water partition coefficient (Wildman–Crippen LogP) is 3.23. The summed E-state index contributed by atoms with van der Waals surface area (Å²) < 4.78 is 16.1. The van der Waals surface area contributed by atoms with Gasteiger partial charge in [-0.2, -0.15) is 0 Å². The second kappa shape index (κ2) is 7.45. The fraction of sp³-hybridized carbons (Fsp3) is 0.235. The Hall–Kier alpha value is -2.33. The molecule has 2 rings (SSSR count). The van der Waals surface area contributed by atoms with E-state index in [9.17, 15) is 4.79 Å². The molecule has 0 amide bonds. The molecule has 0 aliphatic carbocycles. The van der Waals surface area contributed by atoms with Crippen LogP contribution in [0.3, 0.4) is 0 Å². The number of methoxy groups -OCH3 is 2. The van der Waals surface area contributed by atoms with E-state index in [2.05, 4.69) is 0 Å². The van der Waals surface area contributed by atoms with Crippen LogP contribution in [0.5, 0.6) is 11.5 Å². The van der Waals surface area contributed by atoms with E-state index in [1.54, 1.807) is 32.4 Å². The first-order valence-corrected chi connectivity index (χ1v) is 6.59. The summed E-state index contributed by atoms with van der Waals surface area (Å²) in [6.07, 6.45) is 0.812. The molecule has 0 heterocycles. The van der Waals surface area contributed by atoms with Crippen molar-refractivity contribution in [3.63, 3.8) is 0 Å². The van der Waals surface area contributed by atoms with E-state index in [4.69, 9.17) is 14.2 Å². The van der Waals surface area contributed by atoms with Gasteiger partial charge < -0.3 is 14.2 Å². The third kappa shape index (κ3) is 4.07. The second-order valence-electron chi connectivity index (χ2n) is 4.53. The Morgan fingerprint density at radius 3 is 2.33 bits per heavy atom. The van der Waals surface area contributed by atoms with Gasteiger partial charge in [-0.15, -0.1) is 0 Å². The van der Waals surface area contributed by atoms with E-state index in [1.807, 2.05) is 24.3 Å². The van der Waals surface area contributed by atoms with Gasteiger partial charge in [-0.05, 0) is 35.9 Å². The minimum absolute atomic E-state index is 0.386. The van der Waals surface area contributed by atoms with E-state index < -0.39 is 0 Å². The van der Waals surface area contributed by atoms with Gasteiger partial charge in [0.15, 0.2) is 0 Å². The average molecular weight is 286 g/mol. The third-order valence-electron chi connectivity index (χ3n) is 3.13. The lowest BCUT2D eigenvalue weighted by Gasteiger charge is -2.10. The van der Waals surface area contributed by atoms with Crippen molar-refractivity contribution in [2.24, 2.45) is 0 Å². The SMILES string of the molecule is COc1ccc(COCc2cc(C=O)ccc2OC)cc1. The summed E-state index contributed by atoms with van der Waals surface area (Å²) >= 11 is 0. The maximum absolute atomic E-state index is 10.8. The van der Waals surface area contributed by atoms with Crippen LogP contribution in [-0.2, 0) is 18.0 Å². The highest BCUT2D eigenvalue weighted by atomic mass is 16.5. The zero-order chi connectivity index (χ0) is 15.1. The number of ether oxygens (including phenoxy) is 3. The molecule has 2 aromatic rings. The van der Waals surface area contributed by atoms with Gasteiger partial charge in [-0.3, -0.25) is 4.79 Å². The normalized spacial score (nSPS) is 10.2. The largest absolute Gasteiger partial charge is 0.497 e. The van der Waals surface area contributed by atoms with Gasteiger partial charge in [0.2, 0.25) is 0 Å². The molecule has 0 radical (unpaired) electrons. The van der Waals surface area contributed by atoms with Crippen molar-refractivity contribution in [2.75, 3.05) is 14.2 Å². The van der Waals surface area contributed by atoms with Crippen molar-refractivity contribution in [3.8, 4) is 11.5 Å². The molecule has 0 bridgehead atoms. The highest BCUT2D eigenvalue weighted by Crippen LogP contribution is 2.21. The van der Waals surface area contributed by atoms with Gasteiger partial charge in [0.1, 0.15) is 17.8 Å². The minimum Gasteiger partial charge on any atom is -0.497 e. The molecule has 2 aromatic carbocycles. The van der Waals surface area contributed by atoms with Crippen LogP contribution in [0.2, 0.25) is 0 Å². The predicted molar refractivity (Wildman–Crippen MR) is 79.9 cm³/mol. The Balaban J connectivity index is 1.97. The molecule has 0 unspecified atom stereocenters. The van der Waals surface area contributed by atoms with E-state index in [0.29, 0.717) is 18.8 Å². The first kappa shape index (κ1) is 15.1. The molecular formula is C17H18O4. The van der Waals surface area contributed by atoms with Crippen molar-refractivity contribution in [1.82, 2.24) is 0 Å². The fourth-order valence-electron chi connectivity index (χ4n) is 1.99. The lowest BCUT2D eigenvalue weighted by Crippen LogP contribution is -1.98. The van der Waals surface area contributed by atoms with Crippen molar-refractivity contribution < 1.29 is 19.0 Å². The van der Waals surface area contributed by atoms with Gasteiger partial charge in [0.25, 0.3) is 0 Å². The first-order chi connectivity index (χ1) is 10.3. The fourth-order valence-corrected chi connectivity index (χ4v) is 1.99. The molecular weight excluding hydrogens is 268 g/mol. The van der Waals surface area contributed by atoms with Crippen LogP contribution in [0.15, 0.2) is 42.5 Å². The van der Waals surface area contributed by atoms with Crippen molar-refractivity contribution in [1.29, 1.82) is 0 Å². The summed E-state index contributed by atoms with van der Waals surface area (Å²) in [5.41, 5.74) is 2.52. The van der Waals surface area contributed by atoms with Crippen LogP contribution in [0.1, 0.15) is 21.5 Å². The smallest absolute Gasteiger partial charge is 0.150 e. The Morgan fingerprint density at radius 2 is 1.71 bits per heavy atom. The summed E-state index contributed by atoms with van der Waals surface area (Å²) in [5, 5.41) is 0. The maximum Gasteiger partial charge on any atom is 0.150 e. The van der Waals surface area contributed by atoms with Crippen LogP contribution >= 0.6 is 0 Å². The molecule has 0 saturated heterocycles. The van der Waals surface area contributed by atoms with Gasteiger partial charge >= 0.3 is 0 Å². The Kier molecular flexibility index (Phi) is 5.35. The highest BCUT2D eigenvalue weighted by molar-refractivity contribution is 5.75. The van der Waals surface area contributed by atoms with Crippen LogP contribution in [0.25, 0.3) is 0 Å². The molecule has 4 heteroatoms. The molecule has 0 aliphatic heterocycles. The van der Waals surface area contributed by atoms with E-state index in [0.717, 1.165) is 28.9 Å². The maximum atomic E-state index is 10.8. The topological polar surface area (TPSA) is 44.8 Å². The monoisotopic (exact) mass is 286 g/mol. The number of carbonyl (C=O) groups is 1. The number of carbonyl (C=O) groups excluding carboxylic acids is 1. The molecule has 4 nitrogen and oxygen atoms in total. The van der Waals surface area contributed by atoms with Gasteiger partial charge in [0.05, 0.1) is 27.4 Å². The van der Waals surface area contributed by atoms with E-state index >= 15 is 0 Å². The molecule has 0 N–H and O–H groups in total. The molecule has 0 aromatic heterocycles. The van der Waals surface area contributed by atoms with Gasteiger partial charge in [0, 0.05) is 11.1 Å². The summed E-state index contributed by atoms with van der Waals surface area (Å²) in [5.74, 6) is 1.54. The summed E-state index contributed by atoms with van der Waals surface area (Å²) in [6, 6.07) is 13.0. The van der Waals surface area contributed by atoms with Crippen molar-refractivity contribution >= 4 is 6.29 Å². The Morgan fingerprint density at radius 1 is 0.952 bits per heavy atom. The summed E-state index contributed by atoms with van der Waals surface area (Å²) in [7, 11) is 3.24. The third-order valence-corrected chi connectivity index (χ3v) is 3.13. The Labute approximate surface area is 124 Å². The van der Waals surface area contributed by atoms with Gasteiger partial charge in [-0.25, -0.2) is 0 Å². The van der Waals surface area contributed by atoms with Crippen LogP contribution in [0, 0.1) is 0 Å². The molecule has 0 saturated carbocycles. The average Bonchev–Trinajstić information content (AvgIpc) is 2.55. The van der Waals surface area contributed by atoms with Crippen LogP contribution < -0.4 is 9.47 Å². The van der Waals surface area contributed by atoms with Crippen LogP contribution in [-0.4, -0.2) is 20.5 Å². The van der Waals surface area contributed by atoms with E-state index in [1.165, 1.54) is 0 Å². The molecule has 110 valence electrons. The summed E-state index contributed by atoms with van der Waals surface area (Å²) in [6.45, 7) is 0.870. The number of rotatable bonds is 7. The van der Waals surface area contributed by atoms with Crippen LogP contribution in [0.4, 0.5) is 0 Å². The van der Waals surface area contributed by atoms with E-state index in [-0.39, 0.29) is 0 Å². The first-order valence-electron chi connectivity index (χ1n) is 6.59. The van der Waals surface area contributed by atoms with Gasteiger partial charge in [-0.1, -0.05) is 12.1 Å². The highest BCUT2D eigenvalue weighted by Gasteiger charge is 2.05. The molecule has 0 aliphatic rings. The number of benzene rings is 2. The quantitative estimate of drug-likeness (QED) is 0.733. The molecule has 0 atom stereocenters. The second-order valence-corrected chi connectivity index (χ2v) is 4.53. The standard InChI is InChI=1S/C17H18O4/c1-19-16-6-3-13(4-7-16)11-21-12-15-9-14(10-18)5-8-17(15)20-2/h3-10H,11-12H2,1-2H3. The zero-order valence-electron chi connectivity index (χ0n) is 12.2. The number of aldehydes is 1. The minimum atomic E-state index is 0.386. The molecule has 21 heavy (non-hydrogen) atoms. The Bertz CT molecular complexity index is 590. The molecule has 0 fully saturated rings. The zero-order valence-corrected chi connectivity index (χ0v) is 12.2. The lowest BCUT2D eigenvalue weighted by atomic mass is 10.1.